The largest absolute Gasteiger partial charge is 0.481 e. The maximum atomic E-state index is 9.00. The first-order valence-electron chi connectivity index (χ1n) is 4.11. The third-order valence-electron chi connectivity index (χ3n) is 0.827. The first-order chi connectivity index (χ1) is 6.96. The van der Waals surface area contributed by atoms with Gasteiger partial charge in [-0.1, -0.05) is 34.8 Å². The van der Waals surface area contributed by atoms with Crippen molar-refractivity contribution in [1.29, 1.82) is 0 Å². The molecule has 0 aromatic rings. The minimum Gasteiger partial charge on any atom is -0.481 e. The number of aliphatic hydroxyl groups is 1. The van der Waals surface area contributed by atoms with E-state index in [1.807, 2.05) is 0 Å². The van der Waals surface area contributed by atoms with Crippen LogP contribution in [0.4, 0.5) is 0 Å². The molecule has 7 heteroatoms. The van der Waals surface area contributed by atoms with E-state index in [0.29, 0.717) is 0 Å². The molecule has 1 aliphatic heterocycles. The van der Waals surface area contributed by atoms with Crippen molar-refractivity contribution in [2.24, 2.45) is 0 Å². The molecule has 0 amide bonds. The summed E-state index contributed by atoms with van der Waals surface area (Å²) < 4.78 is 4.19. The van der Waals surface area contributed by atoms with Gasteiger partial charge in [-0.15, -0.1) is 0 Å². The number of aliphatic carboxylic acids is 1. The Bertz CT molecular complexity index is 104. The molecule has 1 fully saturated rings. The summed E-state index contributed by atoms with van der Waals surface area (Å²) in [6.45, 7) is 3.08. The summed E-state index contributed by atoms with van der Waals surface area (Å²) in [5, 5.41) is 14.4. The van der Waals surface area contributed by atoms with Crippen LogP contribution in [0.2, 0.25) is 0 Å². The smallest absolute Gasteiger partial charge is 0.300 e. The lowest BCUT2D eigenvalue weighted by molar-refractivity contribution is -0.134. The fourth-order valence-electron chi connectivity index (χ4n) is 0.510. The molecule has 1 rings (SSSR count). The number of carboxylic acid groups (broad SMARTS) is 1. The van der Waals surface area contributed by atoms with Gasteiger partial charge in [0.1, 0.15) is 0 Å². The third-order valence-corrected chi connectivity index (χ3v) is 0.827. The highest BCUT2D eigenvalue weighted by molar-refractivity contribution is 6.63. The van der Waals surface area contributed by atoms with E-state index in [4.69, 9.17) is 54.5 Å². The summed E-state index contributed by atoms with van der Waals surface area (Å²) in [4.78, 5) is 9.00. The van der Waals surface area contributed by atoms with E-state index >= 15 is 0 Å². The van der Waals surface area contributed by atoms with Gasteiger partial charge in [0.2, 0.25) is 0 Å². The zero-order chi connectivity index (χ0) is 12.7. The van der Waals surface area contributed by atoms with E-state index in [0.717, 1.165) is 27.2 Å². The zero-order valence-electron chi connectivity index (χ0n) is 8.75. The lowest BCUT2D eigenvalue weighted by Crippen LogP contribution is -1.78. The van der Waals surface area contributed by atoms with Crippen molar-refractivity contribution in [3.05, 3.63) is 0 Å². The van der Waals surface area contributed by atoms with E-state index < -0.39 is 10.3 Å². The summed E-state index contributed by atoms with van der Waals surface area (Å²) in [6, 6.07) is 0. The summed E-state index contributed by atoms with van der Waals surface area (Å²) in [5.74, 6) is -0.833. The molecule has 2 N–H and O–H groups in total. The standard InChI is InChI=1S/C4H8O.C2H4O2.CHCl3.CH4O/c1-2-4-5-3-1;1-2(3)4;2-1(3)4;1-2/h1-4H2;1H3,(H,3,4);1H;2H,1H3. The van der Waals surface area contributed by atoms with Crippen LogP contribution in [0.5, 0.6) is 0 Å². The number of alkyl halides is 3. The normalized spacial score (nSPS) is 12.5. The zero-order valence-corrected chi connectivity index (χ0v) is 11.0. The van der Waals surface area contributed by atoms with Gasteiger partial charge >= 0.3 is 0 Å². The van der Waals surface area contributed by atoms with Gasteiger partial charge < -0.3 is 14.9 Å². The van der Waals surface area contributed by atoms with Crippen LogP contribution in [0.3, 0.4) is 0 Å². The molecule has 0 radical (unpaired) electrons. The lowest BCUT2D eigenvalue weighted by atomic mass is 10.4. The second kappa shape index (κ2) is 19.8. The maximum absolute atomic E-state index is 9.00. The molecule has 0 aliphatic carbocycles. The van der Waals surface area contributed by atoms with Crippen molar-refractivity contribution in [2.45, 2.75) is 24.1 Å². The molecule has 0 aromatic carbocycles. The van der Waals surface area contributed by atoms with Gasteiger partial charge in [-0.05, 0) is 12.8 Å². The Morgan fingerprint density at radius 1 is 1.20 bits per heavy atom. The fraction of sp³-hybridized carbons (Fsp3) is 0.875. The maximum Gasteiger partial charge on any atom is 0.300 e. The van der Waals surface area contributed by atoms with Gasteiger partial charge in [0.15, 0.2) is 4.30 Å². The Balaban J connectivity index is -0.000000135. The monoisotopic (exact) mass is 282 g/mol. The summed E-state index contributed by atoms with van der Waals surface area (Å²) in [7, 11) is 1.00. The van der Waals surface area contributed by atoms with Gasteiger partial charge in [0, 0.05) is 27.2 Å². The van der Waals surface area contributed by atoms with E-state index in [-0.39, 0.29) is 0 Å². The quantitative estimate of drug-likeness (QED) is 0.670. The Morgan fingerprint density at radius 3 is 1.47 bits per heavy atom. The number of hydrogen-bond acceptors (Lipinski definition) is 3. The van der Waals surface area contributed by atoms with E-state index in [1.54, 1.807) is 0 Å². The molecule has 1 saturated heterocycles. The molecule has 0 unspecified atom stereocenters. The van der Waals surface area contributed by atoms with Crippen LogP contribution in [-0.4, -0.2) is 40.8 Å². The lowest BCUT2D eigenvalue weighted by Gasteiger charge is -1.76. The predicted molar refractivity (Wildman–Crippen MR) is 62.9 cm³/mol. The number of aliphatic hydroxyl groups excluding tert-OH is 1. The number of hydrogen-bond donors (Lipinski definition) is 2. The third kappa shape index (κ3) is 77.5. The molecular formula is C8H17Cl3O4. The second-order valence-electron chi connectivity index (χ2n) is 2.09. The van der Waals surface area contributed by atoms with Gasteiger partial charge in [0.25, 0.3) is 5.97 Å². The van der Waals surface area contributed by atoms with E-state index in [1.165, 1.54) is 12.8 Å². The molecule has 1 heterocycles. The molecule has 0 atom stereocenters. The van der Waals surface area contributed by atoms with Crippen molar-refractivity contribution in [3.8, 4) is 0 Å². The average molecular weight is 284 g/mol. The Hall–Kier alpha value is 0.260. The number of halogens is 3. The predicted octanol–water partition coefficient (Wildman–Crippen LogP) is 2.48. The highest BCUT2D eigenvalue weighted by atomic mass is 35.6. The van der Waals surface area contributed by atoms with Gasteiger partial charge in [-0.3, -0.25) is 4.79 Å². The van der Waals surface area contributed by atoms with Gasteiger partial charge in [-0.25, -0.2) is 0 Å². The molecule has 15 heavy (non-hydrogen) atoms. The van der Waals surface area contributed by atoms with E-state index in [2.05, 4.69) is 0 Å². The first kappa shape index (κ1) is 20.6. The molecular weight excluding hydrogens is 266 g/mol. The van der Waals surface area contributed by atoms with Crippen molar-refractivity contribution >= 4 is 40.8 Å². The number of rotatable bonds is 0. The van der Waals surface area contributed by atoms with Crippen molar-refractivity contribution in [2.75, 3.05) is 20.3 Å². The molecule has 94 valence electrons. The summed E-state index contributed by atoms with van der Waals surface area (Å²) >= 11 is 14.4. The average Bonchev–Trinajstić information content (AvgIpc) is 2.61. The molecule has 0 bridgehead atoms. The van der Waals surface area contributed by atoms with Crippen LogP contribution in [0.1, 0.15) is 19.8 Å². The minimum absolute atomic E-state index is 0.750. The minimum atomic E-state index is -0.833. The van der Waals surface area contributed by atoms with Crippen molar-refractivity contribution in [1.82, 2.24) is 0 Å². The van der Waals surface area contributed by atoms with Crippen LogP contribution in [0.15, 0.2) is 0 Å². The highest BCUT2D eigenvalue weighted by Crippen LogP contribution is 2.03. The van der Waals surface area contributed by atoms with E-state index in [9.17, 15) is 0 Å². The Morgan fingerprint density at radius 2 is 1.40 bits per heavy atom. The molecule has 0 aromatic heterocycles. The van der Waals surface area contributed by atoms with Gasteiger partial charge in [-0.2, -0.15) is 0 Å². The van der Waals surface area contributed by atoms with Crippen molar-refractivity contribution < 1.29 is 19.7 Å². The number of carbonyl (C=O) groups is 1. The molecule has 0 saturated carbocycles. The molecule has 1 aliphatic rings. The van der Waals surface area contributed by atoms with Crippen LogP contribution in [0.25, 0.3) is 0 Å². The van der Waals surface area contributed by atoms with Gasteiger partial charge in [0.05, 0.1) is 0 Å². The Labute approximate surface area is 105 Å². The van der Waals surface area contributed by atoms with Crippen molar-refractivity contribution in [3.63, 3.8) is 0 Å². The first-order valence-corrected chi connectivity index (χ1v) is 5.42. The molecule has 4 nitrogen and oxygen atoms in total. The summed E-state index contributed by atoms with van der Waals surface area (Å²) in [6.07, 6.45) is 2.56. The second-order valence-corrected chi connectivity index (χ2v) is 4.07. The number of ether oxygens (including phenoxy) is 1. The SMILES string of the molecule is C1CCOC1.CC(=O)O.CO.ClC(Cl)Cl. The fourth-order valence-corrected chi connectivity index (χ4v) is 0.510. The Kier molecular flexibility index (Phi) is 27.2. The topological polar surface area (TPSA) is 66.8 Å². The van der Waals surface area contributed by atoms with Crippen LogP contribution < -0.4 is 0 Å². The number of carboxylic acids is 1. The van der Waals surface area contributed by atoms with Crippen LogP contribution in [0, 0.1) is 0 Å². The molecule has 0 spiro atoms. The van der Waals surface area contributed by atoms with Crippen LogP contribution >= 0.6 is 34.8 Å². The highest BCUT2D eigenvalue weighted by Gasteiger charge is 1.94. The summed E-state index contributed by atoms with van der Waals surface area (Å²) in [5.41, 5.74) is 0. The van der Waals surface area contributed by atoms with Crippen LogP contribution in [-0.2, 0) is 9.53 Å².